The van der Waals surface area contributed by atoms with Gasteiger partial charge in [0.1, 0.15) is 16.9 Å². The average molecular weight is 472 g/mol. The van der Waals surface area contributed by atoms with Crippen molar-refractivity contribution in [3.8, 4) is 28.3 Å². The highest BCUT2D eigenvalue weighted by Gasteiger charge is 2.35. The second-order valence-corrected chi connectivity index (χ2v) is 9.10. The van der Waals surface area contributed by atoms with Crippen LogP contribution >= 0.6 is 11.8 Å². The number of phenols is 1. The molecule has 0 aliphatic heterocycles. The fraction of sp³-hybridized carbons (Fsp3) is 0.417. The molecule has 0 unspecified atom stereocenters. The van der Waals surface area contributed by atoms with Gasteiger partial charge in [0, 0.05) is 18.8 Å². The number of pyridine rings is 1. The zero-order valence-corrected chi connectivity index (χ0v) is 19.7. The largest absolute Gasteiger partial charge is 0.507 e. The molecule has 0 amide bonds. The highest BCUT2D eigenvalue weighted by atomic mass is 32.2. The molecule has 9 heteroatoms. The number of hydrogen-bond acceptors (Lipinski definition) is 7. The van der Waals surface area contributed by atoms with E-state index in [0.717, 1.165) is 25.7 Å². The molecule has 4 rings (SSSR count). The zero-order chi connectivity index (χ0) is 23.5. The third-order valence-electron chi connectivity index (χ3n) is 6.40. The van der Waals surface area contributed by atoms with Crippen molar-refractivity contribution >= 4 is 17.6 Å². The Bertz CT molecular complexity index is 1110. The van der Waals surface area contributed by atoms with Crippen molar-refractivity contribution in [2.24, 2.45) is 5.92 Å². The molecule has 0 bridgehead atoms. The van der Waals surface area contributed by atoms with Crippen LogP contribution in [0.3, 0.4) is 0 Å². The third-order valence-corrected chi connectivity index (χ3v) is 7.09. The molecule has 0 saturated heterocycles. The Labute approximate surface area is 196 Å². The molecule has 33 heavy (non-hydrogen) atoms. The topological polar surface area (TPSA) is 75.0 Å². The second-order valence-electron chi connectivity index (χ2n) is 8.31. The summed E-state index contributed by atoms with van der Waals surface area (Å²) in [7, 11) is 1.82. The minimum atomic E-state index is -0.906. The predicted octanol–water partition coefficient (Wildman–Crippen LogP) is 5.52. The lowest BCUT2D eigenvalue weighted by Gasteiger charge is -2.38. The van der Waals surface area contributed by atoms with Crippen LogP contribution in [0, 0.1) is 11.7 Å². The van der Waals surface area contributed by atoms with Crippen molar-refractivity contribution in [3.05, 3.63) is 42.5 Å². The van der Waals surface area contributed by atoms with E-state index in [1.807, 2.05) is 18.9 Å². The summed E-state index contributed by atoms with van der Waals surface area (Å²) in [5.41, 5.74) is 1.58. The lowest BCUT2D eigenvalue weighted by molar-refractivity contribution is 0.134. The first kappa shape index (κ1) is 23.4. The summed E-state index contributed by atoms with van der Waals surface area (Å²) >= 11 is 1.23. The molecule has 1 aliphatic carbocycles. The van der Waals surface area contributed by atoms with Crippen LogP contribution in [0.1, 0.15) is 32.6 Å². The molecule has 1 saturated carbocycles. The quantitative estimate of drug-likeness (QED) is 0.475. The van der Waals surface area contributed by atoms with Crippen molar-refractivity contribution in [3.63, 3.8) is 0 Å². The number of benzene rings is 1. The van der Waals surface area contributed by atoms with E-state index in [4.69, 9.17) is 0 Å². The monoisotopic (exact) mass is 471 g/mol. The van der Waals surface area contributed by atoms with E-state index in [2.05, 4.69) is 20.2 Å². The summed E-state index contributed by atoms with van der Waals surface area (Å²) in [5.74, 6) is 0.364. The maximum atomic E-state index is 14.9. The maximum absolute atomic E-state index is 14.9. The first-order chi connectivity index (χ1) is 15.9. The van der Waals surface area contributed by atoms with E-state index in [0.29, 0.717) is 27.5 Å². The Morgan fingerprint density at radius 2 is 1.94 bits per heavy atom. The van der Waals surface area contributed by atoms with Gasteiger partial charge in [0.05, 0.1) is 17.8 Å². The number of anilines is 1. The SMILES string of the molecule is CC[C@@H]1CCC[C@H](N(C)c2cnc(-c3ccc(-c4cnc(SC)c(F)c4)cc3O)nn2)[C@@H]1F. The van der Waals surface area contributed by atoms with E-state index >= 15 is 0 Å². The first-order valence-electron chi connectivity index (χ1n) is 11.0. The normalized spacial score (nSPS) is 20.6. The maximum Gasteiger partial charge on any atom is 0.185 e. The van der Waals surface area contributed by atoms with Crippen LogP contribution in [0.4, 0.5) is 14.6 Å². The molecule has 6 nitrogen and oxygen atoms in total. The summed E-state index contributed by atoms with van der Waals surface area (Å²) in [6.07, 6.45) is 7.49. The third kappa shape index (κ3) is 4.78. The minimum absolute atomic E-state index is 0.0494. The highest BCUT2D eigenvalue weighted by Crippen LogP contribution is 2.35. The molecule has 1 fully saturated rings. The average Bonchev–Trinajstić information content (AvgIpc) is 2.84. The Balaban J connectivity index is 1.53. The van der Waals surface area contributed by atoms with Crippen molar-refractivity contribution in [2.45, 2.75) is 49.8 Å². The van der Waals surface area contributed by atoms with Gasteiger partial charge in [-0.15, -0.1) is 22.0 Å². The number of nitrogens with zero attached hydrogens (tertiary/aromatic N) is 5. The number of alkyl halides is 1. The second kappa shape index (κ2) is 9.99. The van der Waals surface area contributed by atoms with Gasteiger partial charge < -0.3 is 10.0 Å². The number of thioether (sulfide) groups is 1. The molecule has 174 valence electrons. The van der Waals surface area contributed by atoms with Crippen molar-refractivity contribution in [2.75, 3.05) is 18.2 Å². The standard InChI is InChI=1S/C24H27F2N5OS/c1-4-14-6-5-7-19(22(14)26)31(2)21-13-27-23(30-29-21)17-9-8-15(11-20(17)32)16-10-18(25)24(33-3)28-12-16/h8-14,19,22,32H,4-7H2,1-3H3/t14-,19+,22-/m1/s1. The molecule has 3 atom stereocenters. The summed E-state index contributed by atoms with van der Waals surface area (Å²) in [5, 5.41) is 19.3. The first-order valence-corrected chi connectivity index (χ1v) is 12.2. The van der Waals surface area contributed by atoms with Crippen molar-refractivity contribution in [1.29, 1.82) is 0 Å². The number of aromatic hydroxyl groups is 1. The molecule has 2 heterocycles. The van der Waals surface area contributed by atoms with E-state index < -0.39 is 12.0 Å². The summed E-state index contributed by atoms with van der Waals surface area (Å²) in [6.45, 7) is 2.03. The zero-order valence-electron chi connectivity index (χ0n) is 18.9. The lowest BCUT2D eigenvalue weighted by Crippen LogP contribution is -2.45. The van der Waals surface area contributed by atoms with Crippen molar-refractivity contribution < 1.29 is 13.9 Å². The molecule has 1 aliphatic rings. The lowest BCUT2D eigenvalue weighted by atomic mass is 9.82. The highest BCUT2D eigenvalue weighted by molar-refractivity contribution is 7.98. The smallest absolute Gasteiger partial charge is 0.185 e. The molecule has 2 aromatic heterocycles. The number of hydrogen-bond donors (Lipinski definition) is 1. The Morgan fingerprint density at radius 1 is 1.12 bits per heavy atom. The van der Waals surface area contributed by atoms with Gasteiger partial charge in [0.2, 0.25) is 0 Å². The number of halogens is 2. The van der Waals surface area contributed by atoms with Gasteiger partial charge in [0.15, 0.2) is 17.5 Å². The van der Waals surface area contributed by atoms with Crippen LogP contribution in [-0.2, 0) is 0 Å². The van der Waals surface area contributed by atoms with Gasteiger partial charge in [-0.05, 0) is 48.8 Å². The molecular weight excluding hydrogens is 444 g/mol. The van der Waals surface area contributed by atoms with Crippen LogP contribution in [0.25, 0.3) is 22.5 Å². The van der Waals surface area contributed by atoms with E-state index in [1.165, 1.54) is 23.9 Å². The number of phenolic OH excluding ortho intramolecular Hbond substituents is 1. The predicted molar refractivity (Wildman–Crippen MR) is 127 cm³/mol. The Kier molecular flexibility index (Phi) is 7.07. The van der Waals surface area contributed by atoms with E-state index in [9.17, 15) is 13.9 Å². The Hall–Kier alpha value is -2.81. The van der Waals surface area contributed by atoms with Gasteiger partial charge >= 0.3 is 0 Å². The summed E-state index contributed by atoms with van der Waals surface area (Å²) in [4.78, 5) is 10.3. The number of aromatic nitrogens is 4. The van der Waals surface area contributed by atoms with E-state index in [-0.39, 0.29) is 23.5 Å². The summed E-state index contributed by atoms with van der Waals surface area (Å²) in [6, 6.07) is 6.08. The molecule has 1 aromatic carbocycles. The van der Waals surface area contributed by atoms with Crippen LogP contribution in [-0.4, -0.2) is 50.8 Å². The van der Waals surface area contributed by atoms with Gasteiger partial charge in [-0.25, -0.2) is 18.7 Å². The molecular formula is C24H27F2N5OS. The van der Waals surface area contributed by atoms with Gasteiger partial charge in [-0.3, -0.25) is 0 Å². The van der Waals surface area contributed by atoms with Crippen LogP contribution < -0.4 is 4.90 Å². The molecule has 0 spiro atoms. The fourth-order valence-corrected chi connectivity index (χ4v) is 4.83. The number of rotatable bonds is 6. The Morgan fingerprint density at radius 3 is 2.58 bits per heavy atom. The summed E-state index contributed by atoms with van der Waals surface area (Å²) < 4.78 is 29.0. The van der Waals surface area contributed by atoms with E-state index in [1.54, 1.807) is 30.8 Å². The van der Waals surface area contributed by atoms with Gasteiger partial charge in [-0.1, -0.05) is 25.8 Å². The van der Waals surface area contributed by atoms with Gasteiger partial charge in [-0.2, -0.15) is 0 Å². The molecule has 1 N–H and O–H groups in total. The van der Waals surface area contributed by atoms with Crippen LogP contribution in [0.5, 0.6) is 5.75 Å². The van der Waals surface area contributed by atoms with Gasteiger partial charge in [0.25, 0.3) is 0 Å². The van der Waals surface area contributed by atoms with Crippen LogP contribution in [0.15, 0.2) is 41.7 Å². The molecule has 3 aromatic rings. The fourth-order valence-electron chi connectivity index (χ4n) is 4.42. The minimum Gasteiger partial charge on any atom is -0.507 e. The van der Waals surface area contributed by atoms with Crippen LogP contribution in [0.2, 0.25) is 0 Å². The van der Waals surface area contributed by atoms with Crippen molar-refractivity contribution in [1.82, 2.24) is 20.2 Å². The molecule has 0 radical (unpaired) electrons.